The van der Waals surface area contributed by atoms with Crippen LogP contribution < -0.4 is 0 Å². The molecule has 2 saturated heterocycles. The van der Waals surface area contributed by atoms with Gasteiger partial charge in [0, 0.05) is 18.1 Å². The van der Waals surface area contributed by atoms with Crippen molar-refractivity contribution in [1.82, 2.24) is 4.90 Å². The largest absolute Gasteiger partial charge is 0.292 e. The van der Waals surface area contributed by atoms with Crippen LogP contribution in [-0.4, -0.2) is 41.9 Å². The molecule has 6 atom stereocenters. The Hall–Kier alpha value is -0.350. The molecule has 3 fully saturated rings. The molecule has 4 rings (SSSR count). The maximum Gasteiger partial charge on any atom is 0.159 e. The molecule has 0 unspecified atom stereocenters. The Balaban J connectivity index is 1.73. The van der Waals surface area contributed by atoms with E-state index in [-0.39, 0.29) is 6.04 Å². The van der Waals surface area contributed by atoms with Gasteiger partial charge >= 0.3 is 0 Å². The molecule has 2 aliphatic heterocycles. The van der Waals surface area contributed by atoms with Gasteiger partial charge in [0.15, 0.2) is 9.84 Å². The Bertz CT molecular complexity index is 530. The van der Waals surface area contributed by atoms with Gasteiger partial charge in [0.25, 0.3) is 0 Å². The summed E-state index contributed by atoms with van der Waals surface area (Å²) in [6.07, 6.45) is 8.85. The van der Waals surface area contributed by atoms with Gasteiger partial charge in [-0.05, 0) is 51.4 Å². The van der Waals surface area contributed by atoms with Gasteiger partial charge in [0.05, 0.1) is 10.5 Å². The highest BCUT2D eigenvalue weighted by molar-refractivity contribution is 7.94. The number of hydrogen-bond acceptors (Lipinski definition) is 3. The third-order valence-corrected chi connectivity index (χ3v) is 8.94. The van der Waals surface area contributed by atoms with E-state index in [2.05, 4.69) is 30.9 Å². The van der Waals surface area contributed by atoms with Crippen molar-refractivity contribution in [1.29, 1.82) is 0 Å². The second kappa shape index (κ2) is 3.64. The van der Waals surface area contributed by atoms with E-state index in [1.165, 1.54) is 12.8 Å². The van der Waals surface area contributed by atoms with Crippen molar-refractivity contribution in [3.63, 3.8) is 0 Å². The van der Waals surface area contributed by atoms with Crippen LogP contribution in [-0.2, 0) is 9.84 Å². The molecule has 106 valence electrons. The smallest absolute Gasteiger partial charge is 0.159 e. The number of sulfone groups is 1. The van der Waals surface area contributed by atoms with E-state index in [9.17, 15) is 8.42 Å². The lowest BCUT2D eigenvalue weighted by Gasteiger charge is -2.55. The fourth-order valence-electron chi connectivity index (χ4n) is 5.37. The zero-order valence-electron chi connectivity index (χ0n) is 11.7. The summed E-state index contributed by atoms with van der Waals surface area (Å²) in [5.74, 6) is 1.22. The fourth-order valence-corrected chi connectivity index (χ4v) is 7.99. The summed E-state index contributed by atoms with van der Waals surface area (Å²) >= 11 is 0. The van der Waals surface area contributed by atoms with Crippen LogP contribution in [0.1, 0.15) is 39.5 Å². The van der Waals surface area contributed by atoms with Crippen molar-refractivity contribution in [2.24, 2.45) is 11.8 Å². The van der Waals surface area contributed by atoms with E-state index in [1.54, 1.807) is 0 Å². The lowest BCUT2D eigenvalue weighted by molar-refractivity contribution is 0.0949. The van der Waals surface area contributed by atoms with Crippen LogP contribution >= 0.6 is 0 Å². The van der Waals surface area contributed by atoms with Gasteiger partial charge in [-0.1, -0.05) is 12.2 Å². The van der Waals surface area contributed by atoms with Crippen LogP contribution in [0.5, 0.6) is 0 Å². The molecule has 2 aliphatic carbocycles. The van der Waals surface area contributed by atoms with Crippen molar-refractivity contribution < 1.29 is 8.42 Å². The van der Waals surface area contributed by atoms with Crippen LogP contribution in [0.3, 0.4) is 0 Å². The summed E-state index contributed by atoms with van der Waals surface area (Å²) in [7, 11) is -2.88. The lowest BCUT2D eigenvalue weighted by atomic mass is 9.83. The molecule has 4 aliphatic rings. The highest BCUT2D eigenvalue weighted by Crippen LogP contribution is 2.59. The zero-order chi connectivity index (χ0) is 13.4. The standard InChI is InChI=1S/C15H23NO2S/c1-10-3-4-11(2)16(10)14-9-19(17,18)15(14)8-12-5-6-13(15)7-12/h5-6,10-14H,3-4,7-9H2,1-2H3/t10-,11+,12-,13-,14-,15-/m0/s1. The summed E-state index contributed by atoms with van der Waals surface area (Å²) in [6.45, 7) is 4.54. The minimum atomic E-state index is -2.88. The predicted molar refractivity (Wildman–Crippen MR) is 75.7 cm³/mol. The minimum Gasteiger partial charge on any atom is -0.292 e. The molecule has 2 bridgehead atoms. The molecule has 0 amide bonds. The SMILES string of the molecule is C[C@@H]1CC[C@H](C)N1[C@H]1CS(=O)(=O)[C@]12C[C@H]1C=C[C@H]2C1. The van der Waals surface area contributed by atoms with Gasteiger partial charge in [0.1, 0.15) is 0 Å². The summed E-state index contributed by atoms with van der Waals surface area (Å²) in [4.78, 5) is 2.54. The molecule has 0 aromatic rings. The van der Waals surface area contributed by atoms with Crippen molar-refractivity contribution >= 4 is 9.84 Å². The summed E-state index contributed by atoms with van der Waals surface area (Å²) < 4.78 is 24.7. The molecule has 3 nitrogen and oxygen atoms in total. The molecule has 2 heterocycles. The summed E-state index contributed by atoms with van der Waals surface area (Å²) in [5, 5.41) is 0. The highest BCUT2D eigenvalue weighted by atomic mass is 32.2. The fraction of sp³-hybridized carbons (Fsp3) is 0.867. The van der Waals surface area contributed by atoms with Crippen LogP contribution in [0, 0.1) is 11.8 Å². The van der Waals surface area contributed by atoms with E-state index < -0.39 is 14.6 Å². The van der Waals surface area contributed by atoms with Crippen LogP contribution in [0.2, 0.25) is 0 Å². The first-order valence-corrected chi connectivity index (χ1v) is 9.29. The van der Waals surface area contributed by atoms with E-state index >= 15 is 0 Å². The maximum absolute atomic E-state index is 12.6. The quantitative estimate of drug-likeness (QED) is 0.690. The zero-order valence-corrected chi connectivity index (χ0v) is 12.6. The summed E-state index contributed by atoms with van der Waals surface area (Å²) in [6, 6.07) is 1.39. The minimum absolute atomic E-state index is 0.282. The normalized spacial score (nSPS) is 54.9. The number of fused-ring (bicyclic) bond motifs is 3. The molecule has 19 heavy (non-hydrogen) atoms. The first kappa shape index (κ1) is 12.4. The number of likely N-dealkylation sites (tertiary alicyclic amines) is 1. The molecule has 1 spiro atoms. The van der Waals surface area contributed by atoms with Gasteiger partial charge in [0.2, 0.25) is 0 Å². The molecule has 1 saturated carbocycles. The lowest BCUT2D eigenvalue weighted by Crippen LogP contribution is -2.72. The predicted octanol–water partition coefficient (Wildman–Crippen LogP) is 1.99. The average Bonchev–Trinajstić information content (AvgIpc) is 3.03. The van der Waals surface area contributed by atoms with Crippen LogP contribution in [0.15, 0.2) is 12.2 Å². The average molecular weight is 281 g/mol. The van der Waals surface area contributed by atoms with E-state index in [1.807, 2.05) is 0 Å². The summed E-state index contributed by atoms with van der Waals surface area (Å²) in [5.41, 5.74) is 0. The Labute approximate surface area is 116 Å². The van der Waals surface area contributed by atoms with E-state index in [0.717, 1.165) is 12.8 Å². The topological polar surface area (TPSA) is 37.4 Å². The molecule has 0 aromatic carbocycles. The number of allylic oxidation sites excluding steroid dienone is 2. The van der Waals surface area contributed by atoms with Gasteiger partial charge in [-0.15, -0.1) is 0 Å². The third kappa shape index (κ3) is 1.35. The number of rotatable bonds is 1. The number of hydrogen-bond donors (Lipinski definition) is 0. The van der Waals surface area contributed by atoms with Crippen molar-refractivity contribution in [2.75, 3.05) is 5.75 Å². The Morgan fingerprint density at radius 2 is 1.84 bits per heavy atom. The second-order valence-electron chi connectivity index (χ2n) is 7.17. The third-order valence-electron chi connectivity index (χ3n) is 6.28. The Morgan fingerprint density at radius 3 is 2.32 bits per heavy atom. The van der Waals surface area contributed by atoms with Crippen molar-refractivity contribution in [2.45, 2.75) is 62.4 Å². The molecule has 0 N–H and O–H groups in total. The van der Waals surface area contributed by atoms with Gasteiger partial charge in [-0.25, -0.2) is 8.42 Å². The molecular weight excluding hydrogens is 258 g/mol. The molecular formula is C15H23NO2S. The first-order valence-electron chi connectivity index (χ1n) is 7.64. The van der Waals surface area contributed by atoms with Crippen LogP contribution in [0.25, 0.3) is 0 Å². The Kier molecular flexibility index (Phi) is 2.38. The van der Waals surface area contributed by atoms with E-state index in [4.69, 9.17) is 0 Å². The second-order valence-corrected chi connectivity index (χ2v) is 9.49. The van der Waals surface area contributed by atoms with E-state index in [0.29, 0.717) is 29.7 Å². The van der Waals surface area contributed by atoms with Crippen LogP contribution in [0.4, 0.5) is 0 Å². The highest BCUT2D eigenvalue weighted by Gasteiger charge is 2.70. The Morgan fingerprint density at radius 1 is 1.16 bits per heavy atom. The maximum atomic E-state index is 12.6. The molecule has 4 heteroatoms. The van der Waals surface area contributed by atoms with Gasteiger partial charge < -0.3 is 0 Å². The monoisotopic (exact) mass is 281 g/mol. The number of nitrogens with zero attached hydrogens (tertiary/aromatic N) is 1. The van der Waals surface area contributed by atoms with Gasteiger partial charge in [-0.3, -0.25) is 4.90 Å². The van der Waals surface area contributed by atoms with Gasteiger partial charge in [-0.2, -0.15) is 0 Å². The van der Waals surface area contributed by atoms with Crippen molar-refractivity contribution in [3.05, 3.63) is 12.2 Å². The molecule has 0 radical (unpaired) electrons. The molecule has 0 aromatic heterocycles. The first-order chi connectivity index (χ1) is 8.96. The van der Waals surface area contributed by atoms with Crippen molar-refractivity contribution in [3.8, 4) is 0 Å².